The first kappa shape index (κ1) is 16.5. The second kappa shape index (κ2) is 8.53. The molecule has 1 aromatic carbocycles. The quantitative estimate of drug-likeness (QED) is 0.620. The topological polar surface area (TPSA) is 73.2 Å². The molecule has 0 fully saturated rings. The zero-order valence-corrected chi connectivity index (χ0v) is 12.9. The van der Waals surface area contributed by atoms with Gasteiger partial charge in [0, 0.05) is 31.4 Å². The molecule has 1 amide bonds. The summed E-state index contributed by atoms with van der Waals surface area (Å²) in [5.41, 5.74) is 0.777. The van der Waals surface area contributed by atoms with E-state index >= 15 is 0 Å². The number of nitrogens with one attached hydrogen (secondary N) is 1. The van der Waals surface area contributed by atoms with Crippen molar-refractivity contribution in [1.29, 1.82) is 0 Å². The van der Waals surface area contributed by atoms with Gasteiger partial charge in [0.1, 0.15) is 5.75 Å². The first-order valence-electron chi connectivity index (χ1n) is 7.31. The molecule has 0 aliphatic heterocycles. The Hall–Kier alpha value is -2.89. The lowest BCUT2D eigenvalue weighted by atomic mass is 10.2. The summed E-state index contributed by atoms with van der Waals surface area (Å²) in [5, 5.41) is 6.72. The van der Waals surface area contributed by atoms with Crippen LogP contribution in [0.15, 0.2) is 53.5 Å². The molecule has 6 nitrogen and oxygen atoms in total. The summed E-state index contributed by atoms with van der Waals surface area (Å²) >= 11 is 0. The van der Waals surface area contributed by atoms with Crippen LogP contribution in [0.4, 0.5) is 0 Å². The highest BCUT2D eigenvalue weighted by atomic mass is 16.5. The van der Waals surface area contributed by atoms with Crippen LogP contribution < -0.4 is 15.6 Å². The molecule has 1 N–H and O–H groups in total. The summed E-state index contributed by atoms with van der Waals surface area (Å²) in [5.74, 6) is 0.602. The van der Waals surface area contributed by atoms with Gasteiger partial charge in [-0.1, -0.05) is 12.1 Å². The number of aromatic nitrogens is 2. The van der Waals surface area contributed by atoms with Crippen molar-refractivity contribution in [3.8, 4) is 5.75 Å². The standard InChI is InChI=1S/C17H19N3O3/c1-23-15-8-5-14(6-9-15)7-10-16(21)18-11-3-13-20-17(22)4-2-12-19-20/h2,4-10,12H,3,11,13H2,1H3,(H,18,21)/b10-7+. The average molecular weight is 313 g/mol. The van der Waals surface area contributed by atoms with Crippen molar-refractivity contribution in [2.45, 2.75) is 13.0 Å². The third kappa shape index (κ3) is 5.43. The van der Waals surface area contributed by atoms with Gasteiger partial charge >= 0.3 is 0 Å². The van der Waals surface area contributed by atoms with E-state index in [2.05, 4.69) is 10.4 Å². The number of methoxy groups -OCH3 is 1. The Balaban J connectivity index is 1.73. The molecule has 0 bridgehead atoms. The molecule has 1 aromatic heterocycles. The molecule has 1 heterocycles. The minimum absolute atomic E-state index is 0.141. The number of hydrogen-bond donors (Lipinski definition) is 1. The normalized spacial score (nSPS) is 10.7. The summed E-state index contributed by atoms with van der Waals surface area (Å²) < 4.78 is 6.45. The Kier molecular flexibility index (Phi) is 6.11. The highest BCUT2D eigenvalue weighted by molar-refractivity contribution is 5.91. The van der Waals surface area contributed by atoms with Gasteiger partial charge in [-0.05, 0) is 36.3 Å². The number of nitrogens with zero attached hydrogens (tertiary/aromatic N) is 2. The van der Waals surface area contributed by atoms with Crippen molar-refractivity contribution in [1.82, 2.24) is 15.1 Å². The smallest absolute Gasteiger partial charge is 0.266 e. The Morgan fingerprint density at radius 1 is 1.30 bits per heavy atom. The fraction of sp³-hybridized carbons (Fsp3) is 0.235. The largest absolute Gasteiger partial charge is 0.497 e. The first-order valence-corrected chi connectivity index (χ1v) is 7.31. The predicted octanol–water partition coefficient (Wildman–Crippen LogP) is 1.47. The van der Waals surface area contributed by atoms with E-state index in [4.69, 9.17) is 4.74 Å². The van der Waals surface area contributed by atoms with E-state index in [1.54, 1.807) is 25.4 Å². The maximum absolute atomic E-state index is 11.7. The van der Waals surface area contributed by atoms with Gasteiger partial charge in [0.25, 0.3) is 5.56 Å². The van der Waals surface area contributed by atoms with E-state index in [1.807, 2.05) is 24.3 Å². The molecule has 0 aliphatic carbocycles. The summed E-state index contributed by atoms with van der Waals surface area (Å²) in [6, 6.07) is 10.5. The summed E-state index contributed by atoms with van der Waals surface area (Å²) in [7, 11) is 1.61. The molecule has 23 heavy (non-hydrogen) atoms. The van der Waals surface area contributed by atoms with Gasteiger partial charge in [-0.2, -0.15) is 5.10 Å². The predicted molar refractivity (Wildman–Crippen MR) is 88.2 cm³/mol. The lowest BCUT2D eigenvalue weighted by molar-refractivity contribution is -0.116. The molecule has 2 aromatic rings. The number of benzene rings is 1. The van der Waals surface area contributed by atoms with Crippen LogP contribution in [-0.4, -0.2) is 29.3 Å². The van der Waals surface area contributed by atoms with Crippen LogP contribution >= 0.6 is 0 Å². The molecule has 0 spiro atoms. The number of carbonyl (C=O) groups is 1. The molecule has 6 heteroatoms. The Morgan fingerprint density at radius 3 is 2.78 bits per heavy atom. The van der Waals surface area contributed by atoms with E-state index < -0.39 is 0 Å². The maximum Gasteiger partial charge on any atom is 0.266 e. The lowest BCUT2D eigenvalue weighted by Gasteiger charge is -2.04. The Morgan fingerprint density at radius 2 is 2.09 bits per heavy atom. The number of ether oxygens (including phenoxy) is 1. The minimum Gasteiger partial charge on any atom is -0.497 e. The summed E-state index contributed by atoms with van der Waals surface area (Å²) in [4.78, 5) is 23.2. The van der Waals surface area contributed by atoms with Crippen LogP contribution in [0.5, 0.6) is 5.75 Å². The molecule has 0 unspecified atom stereocenters. The van der Waals surface area contributed by atoms with Crippen molar-refractivity contribution < 1.29 is 9.53 Å². The van der Waals surface area contributed by atoms with Gasteiger partial charge < -0.3 is 10.1 Å². The van der Waals surface area contributed by atoms with Crippen LogP contribution in [0.3, 0.4) is 0 Å². The summed E-state index contributed by atoms with van der Waals surface area (Å²) in [6.45, 7) is 0.955. The van der Waals surface area contributed by atoms with E-state index in [0.717, 1.165) is 11.3 Å². The van der Waals surface area contributed by atoms with Crippen LogP contribution in [-0.2, 0) is 11.3 Å². The Labute approximate surface area is 134 Å². The van der Waals surface area contributed by atoms with Crippen molar-refractivity contribution in [2.24, 2.45) is 0 Å². The number of carbonyl (C=O) groups excluding carboxylic acids is 1. The Bertz CT molecular complexity index is 720. The molecule has 0 saturated heterocycles. The van der Waals surface area contributed by atoms with Crippen molar-refractivity contribution in [3.63, 3.8) is 0 Å². The lowest BCUT2D eigenvalue weighted by Crippen LogP contribution is -2.26. The highest BCUT2D eigenvalue weighted by Crippen LogP contribution is 2.12. The average Bonchev–Trinajstić information content (AvgIpc) is 2.59. The molecule has 0 aliphatic rings. The zero-order valence-electron chi connectivity index (χ0n) is 12.9. The van der Waals surface area contributed by atoms with Crippen molar-refractivity contribution in [3.05, 3.63) is 64.6 Å². The molecular weight excluding hydrogens is 294 g/mol. The monoisotopic (exact) mass is 313 g/mol. The van der Waals surface area contributed by atoms with Crippen LogP contribution in [0.1, 0.15) is 12.0 Å². The highest BCUT2D eigenvalue weighted by Gasteiger charge is 1.98. The molecule has 120 valence electrons. The third-order valence-corrected chi connectivity index (χ3v) is 3.17. The zero-order chi connectivity index (χ0) is 16.5. The molecular formula is C17H19N3O3. The van der Waals surface area contributed by atoms with Crippen molar-refractivity contribution in [2.75, 3.05) is 13.7 Å². The van der Waals surface area contributed by atoms with E-state index in [9.17, 15) is 9.59 Å². The van der Waals surface area contributed by atoms with E-state index in [1.165, 1.54) is 16.8 Å². The SMILES string of the molecule is COc1ccc(/C=C/C(=O)NCCCn2ncccc2=O)cc1. The number of aryl methyl sites for hydroxylation is 1. The second-order valence-corrected chi connectivity index (χ2v) is 4.84. The van der Waals surface area contributed by atoms with Crippen LogP contribution in [0.2, 0.25) is 0 Å². The van der Waals surface area contributed by atoms with Crippen LogP contribution in [0, 0.1) is 0 Å². The molecule has 0 atom stereocenters. The first-order chi connectivity index (χ1) is 11.2. The number of hydrogen-bond acceptors (Lipinski definition) is 4. The van der Waals surface area contributed by atoms with Gasteiger partial charge in [0.05, 0.1) is 7.11 Å². The second-order valence-electron chi connectivity index (χ2n) is 4.84. The van der Waals surface area contributed by atoms with Gasteiger partial charge in [-0.15, -0.1) is 0 Å². The molecule has 0 radical (unpaired) electrons. The maximum atomic E-state index is 11.7. The van der Waals surface area contributed by atoms with Gasteiger partial charge in [0.2, 0.25) is 5.91 Å². The fourth-order valence-electron chi connectivity index (χ4n) is 1.94. The minimum atomic E-state index is -0.172. The van der Waals surface area contributed by atoms with Crippen LogP contribution in [0.25, 0.3) is 6.08 Å². The number of rotatable bonds is 7. The molecule has 0 saturated carbocycles. The fourth-order valence-corrected chi connectivity index (χ4v) is 1.94. The van der Waals surface area contributed by atoms with Gasteiger partial charge in [-0.3, -0.25) is 9.59 Å². The number of amides is 1. The van der Waals surface area contributed by atoms with Gasteiger partial charge in [0.15, 0.2) is 0 Å². The van der Waals surface area contributed by atoms with Gasteiger partial charge in [-0.25, -0.2) is 4.68 Å². The van der Waals surface area contributed by atoms with E-state index in [-0.39, 0.29) is 11.5 Å². The summed E-state index contributed by atoms with van der Waals surface area (Å²) in [6.07, 6.45) is 5.42. The third-order valence-electron chi connectivity index (χ3n) is 3.17. The molecule has 2 rings (SSSR count). The van der Waals surface area contributed by atoms with Crippen molar-refractivity contribution >= 4 is 12.0 Å². The van der Waals surface area contributed by atoms with E-state index in [0.29, 0.717) is 19.5 Å².